The molecule has 2 aromatic carbocycles. The van der Waals surface area contributed by atoms with Crippen molar-refractivity contribution in [1.82, 2.24) is 15.2 Å². The number of amides is 3. The van der Waals surface area contributed by atoms with E-state index >= 15 is 0 Å². The number of aromatic nitrogens is 1. The Morgan fingerprint density at radius 1 is 1.17 bits per heavy atom. The van der Waals surface area contributed by atoms with Crippen molar-refractivity contribution in [3.05, 3.63) is 71.9 Å². The first-order valence-electron chi connectivity index (χ1n) is 11.5. The molecule has 3 aromatic rings. The van der Waals surface area contributed by atoms with Crippen LogP contribution in [0.4, 0.5) is 4.79 Å². The number of aromatic amines is 1. The minimum Gasteiger partial charge on any atom is -0.450 e. The monoisotopic (exact) mass is 476 g/mol. The summed E-state index contributed by atoms with van der Waals surface area (Å²) in [6.07, 6.45) is 1.07. The second-order valence-electron chi connectivity index (χ2n) is 8.39. The lowest BCUT2D eigenvalue weighted by molar-refractivity contribution is -0.128. The van der Waals surface area contributed by atoms with Gasteiger partial charge in [-0.2, -0.15) is 4.99 Å². The van der Waals surface area contributed by atoms with Crippen LogP contribution < -0.4 is 5.32 Å². The van der Waals surface area contributed by atoms with Crippen molar-refractivity contribution in [3.8, 4) is 0 Å². The summed E-state index contributed by atoms with van der Waals surface area (Å²) in [4.78, 5) is 45.4. The summed E-state index contributed by atoms with van der Waals surface area (Å²) in [6, 6.07) is 17.2. The lowest BCUT2D eigenvalue weighted by atomic mass is 9.94. The van der Waals surface area contributed by atoms with Crippen LogP contribution in [0.1, 0.15) is 36.8 Å². The maximum atomic E-state index is 12.6. The van der Waals surface area contributed by atoms with E-state index in [0.29, 0.717) is 6.42 Å². The van der Waals surface area contributed by atoms with Crippen molar-refractivity contribution in [1.29, 1.82) is 0 Å². The molecule has 1 aliphatic rings. The smallest absolute Gasteiger partial charge is 0.407 e. The van der Waals surface area contributed by atoms with Gasteiger partial charge in [0.15, 0.2) is 6.10 Å². The molecular formula is C26H28N4O5. The first-order valence-corrected chi connectivity index (χ1v) is 11.5. The second kappa shape index (κ2) is 10.9. The molecule has 1 aromatic heterocycles. The normalized spacial score (nSPS) is 15.9. The molecule has 9 heteroatoms. The Morgan fingerprint density at radius 3 is 2.71 bits per heavy atom. The number of para-hydroxylation sites is 1. The predicted octanol–water partition coefficient (Wildman–Crippen LogP) is 3.72. The largest absolute Gasteiger partial charge is 0.450 e. The van der Waals surface area contributed by atoms with Gasteiger partial charge in [-0.3, -0.25) is 14.5 Å². The number of hydrogen-bond donors (Lipinski definition) is 2. The molecular weight excluding hydrogens is 448 g/mol. The Morgan fingerprint density at radius 2 is 1.91 bits per heavy atom. The average Bonchev–Trinajstić information content (AvgIpc) is 3.49. The van der Waals surface area contributed by atoms with E-state index in [0.717, 1.165) is 22.0 Å². The number of carbonyl (C=O) groups is 3. The first kappa shape index (κ1) is 24.0. The minimum absolute atomic E-state index is 0.00748. The van der Waals surface area contributed by atoms with Crippen molar-refractivity contribution in [2.24, 2.45) is 4.99 Å². The van der Waals surface area contributed by atoms with Crippen LogP contribution in [-0.4, -0.2) is 53.5 Å². The zero-order valence-electron chi connectivity index (χ0n) is 19.7. The van der Waals surface area contributed by atoms with Gasteiger partial charge in [0, 0.05) is 43.0 Å². The van der Waals surface area contributed by atoms with Gasteiger partial charge in [-0.15, -0.1) is 0 Å². The van der Waals surface area contributed by atoms with E-state index in [1.165, 1.54) is 11.9 Å². The summed E-state index contributed by atoms with van der Waals surface area (Å²) in [5, 5.41) is 3.64. The van der Waals surface area contributed by atoms with E-state index in [1.807, 2.05) is 67.7 Å². The number of nitrogens with one attached hydrogen (secondary N) is 2. The molecule has 2 N–H and O–H groups in total. The molecule has 182 valence electrons. The molecule has 0 bridgehead atoms. The summed E-state index contributed by atoms with van der Waals surface area (Å²) in [5.74, 6) is -0.939. The fourth-order valence-corrected chi connectivity index (χ4v) is 3.93. The number of benzene rings is 2. The van der Waals surface area contributed by atoms with Crippen molar-refractivity contribution in [2.75, 3.05) is 13.6 Å². The molecule has 0 spiro atoms. The van der Waals surface area contributed by atoms with Crippen LogP contribution in [0, 0.1) is 0 Å². The average molecular weight is 477 g/mol. The maximum absolute atomic E-state index is 12.6. The van der Waals surface area contributed by atoms with Crippen molar-refractivity contribution in [2.45, 2.75) is 38.4 Å². The maximum Gasteiger partial charge on any atom is 0.407 e. The molecule has 2 heterocycles. The minimum atomic E-state index is -0.805. The molecule has 4 rings (SSSR count). The molecule has 2 atom stereocenters. The molecule has 0 unspecified atom stereocenters. The summed E-state index contributed by atoms with van der Waals surface area (Å²) < 4.78 is 11.0. The number of H-pyrrole nitrogens is 1. The Hall–Kier alpha value is -4.14. The van der Waals surface area contributed by atoms with Crippen molar-refractivity contribution in [3.63, 3.8) is 0 Å². The number of amidine groups is 1. The van der Waals surface area contributed by atoms with Gasteiger partial charge in [-0.05, 0) is 23.6 Å². The molecule has 0 aliphatic carbocycles. The van der Waals surface area contributed by atoms with Gasteiger partial charge in [-0.1, -0.05) is 55.5 Å². The fraction of sp³-hybridized carbons (Fsp3) is 0.308. The lowest BCUT2D eigenvalue weighted by Crippen LogP contribution is -2.36. The zero-order chi connectivity index (χ0) is 24.8. The highest BCUT2D eigenvalue weighted by molar-refractivity contribution is 6.04. The third-order valence-electron chi connectivity index (χ3n) is 5.96. The first-order chi connectivity index (χ1) is 16.9. The zero-order valence-corrected chi connectivity index (χ0v) is 19.7. The lowest BCUT2D eigenvalue weighted by Gasteiger charge is -2.21. The van der Waals surface area contributed by atoms with E-state index in [4.69, 9.17) is 9.47 Å². The summed E-state index contributed by atoms with van der Waals surface area (Å²) in [7, 11) is 1.52. The number of ether oxygens (including phenoxy) is 2. The van der Waals surface area contributed by atoms with Gasteiger partial charge in [0.05, 0.1) is 0 Å². The quantitative estimate of drug-likeness (QED) is 0.481. The Balaban J connectivity index is 1.22. The third kappa shape index (κ3) is 5.68. The standard InChI is InChI=1S/C26H28N4O5/c1-17(20-15-28-21-12-7-6-11-19(20)21)23-24(32)29-25(35-23)30(2)22(31)13-8-14-27-26(33)34-16-18-9-4-3-5-10-18/h3-7,9-12,15,17,23,28H,8,13-14,16H2,1-2H3,(H,27,33)/t17-,23+/m1/s1. The number of alkyl carbamates (subject to hydrolysis) is 1. The fourth-order valence-electron chi connectivity index (χ4n) is 3.93. The van der Waals surface area contributed by atoms with E-state index in [1.54, 1.807) is 0 Å². The van der Waals surface area contributed by atoms with Crippen LogP contribution in [0.3, 0.4) is 0 Å². The van der Waals surface area contributed by atoms with Gasteiger partial charge < -0.3 is 19.8 Å². The number of hydrogen-bond acceptors (Lipinski definition) is 5. The molecule has 0 radical (unpaired) electrons. The van der Waals surface area contributed by atoms with Crippen molar-refractivity contribution >= 4 is 34.8 Å². The van der Waals surface area contributed by atoms with Crippen LogP contribution >= 0.6 is 0 Å². The molecule has 0 fully saturated rings. The molecule has 0 saturated heterocycles. The second-order valence-corrected chi connectivity index (χ2v) is 8.39. The van der Waals surface area contributed by atoms with Crippen LogP contribution in [0.15, 0.2) is 65.8 Å². The molecule has 0 saturated carbocycles. The number of fused-ring (bicyclic) bond motifs is 1. The molecule has 35 heavy (non-hydrogen) atoms. The highest BCUT2D eigenvalue weighted by atomic mass is 16.5. The van der Waals surface area contributed by atoms with Gasteiger partial charge in [0.25, 0.3) is 5.91 Å². The van der Waals surface area contributed by atoms with E-state index < -0.39 is 18.1 Å². The van der Waals surface area contributed by atoms with E-state index in [9.17, 15) is 14.4 Å². The highest BCUT2D eigenvalue weighted by Crippen LogP contribution is 2.31. The third-order valence-corrected chi connectivity index (χ3v) is 5.96. The highest BCUT2D eigenvalue weighted by Gasteiger charge is 2.38. The van der Waals surface area contributed by atoms with Gasteiger partial charge in [0.1, 0.15) is 6.61 Å². The molecule has 3 amide bonds. The van der Waals surface area contributed by atoms with Crippen LogP contribution in [0.5, 0.6) is 0 Å². The number of carbonyl (C=O) groups excluding carboxylic acids is 3. The summed E-state index contributed by atoms with van der Waals surface area (Å²) in [6.45, 7) is 2.36. The number of rotatable bonds is 8. The number of nitrogens with zero attached hydrogens (tertiary/aromatic N) is 2. The molecule has 1 aliphatic heterocycles. The van der Waals surface area contributed by atoms with Crippen LogP contribution in [-0.2, 0) is 25.7 Å². The summed E-state index contributed by atoms with van der Waals surface area (Å²) in [5.41, 5.74) is 2.82. The van der Waals surface area contributed by atoms with E-state index in [2.05, 4.69) is 15.3 Å². The van der Waals surface area contributed by atoms with Crippen molar-refractivity contribution < 1.29 is 23.9 Å². The SMILES string of the molecule is C[C@H](c1c[nH]c2ccccc12)[C@@H]1OC(N(C)C(=O)CCCNC(=O)OCc2ccccc2)=NC1=O. The van der Waals surface area contributed by atoms with Gasteiger partial charge in [0.2, 0.25) is 5.91 Å². The summed E-state index contributed by atoms with van der Waals surface area (Å²) >= 11 is 0. The Labute approximate surface area is 203 Å². The van der Waals surface area contributed by atoms with E-state index in [-0.39, 0.29) is 37.4 Å². The van der Waals surface area contributed by atoms with Crippen LogP contribution in [0.2, 0.25) is 0 Å². The Kier molecular flexibility index (Phi) is 7.45. The van der Waals surface area contributed by atoms with Gasteiger partial charge >= 0.3 is 12.1 Å². The van der Waals surface area contributed by atoms with Crippen LogP contribution in [0.25, 0.3) is 10.9 Å². The molecule has 9 nitrogen and oxygen atoms in total. The Bertz CT molecular complexity index is 1240. The number of aliphatic imine (C=N–C) groups is 1. The van der Waals surface area contributed by atoms with Gasteiger partial charge in [-0.25, -0.2) is 4.79 Å². The topological polar surface area (TPSA) is 113 Å². The predicted molar refractivity (Wildman–Crippen MR) is 131 cm³/mol.